The number of methoxy groups -OCH3 is 1. The van der Waals surface area contributed by atoms with Crippen molar-refractivity contribution >= 4 is 10.0 Å². The molecule has 2 aliphatic rings. The van der Waals surface area contributed by atoms with Crippen LogP contribution in [0.15, 0.2) is 53.4 Å². The summed E-state index contributed by atoms with van der Waals surface area (Å²) in [6.45, 7) is 6.01. The first-order chi connectivity index (χ1) is 17.3. The maximum absolute atomic E-state index is 13.5. The minimum absolute atomic E-state index is 0.201. The predicted molar refractivity (Wildman–Crippen MR) is 140 cm³/mol. The molecule has 2 aliphatic heterocycles. The van der Waals surface area contributed by atoms with Crippen LogP contribution in [-0.2, 0) is 26.0 Å². The number of aliphatic hydroxyl groups excluding tert-OH is 1. The van der Waals surface area contributed by atoms with Gasteiger partial charge < -0.3 is 25.2 Å². The molecule has 198 valence electrons. The number of sulfonamides is 1. The Morgan fingerprint density at radius 1 is 1.17 bits per heavy atom. The highest BCUT2D eigenvalue weighted by Gasteiger charge is 2.44. The van der Waals surface area contributed by atoms with E-state index in [9.17, 15) is 13.5 Å². The van der Waals surface area contributed by atoms with E-state index < -0.39 is 16.1 Å². The van der Waals surface area contributed by atoms with Crippen LogP contribution in [0, 0.1) is 0 Å². The zero-order valence-electron chi connectivity index (χ0n) is 21.3. The third-order valence-corrected chi connectivity index (χ3v) is 9.01. The van der Waals surface area contributed by atoms with Crippen LogP contribution in [0.25, 0.3) is 11.1 Å². The van der Waals surface area contributed by atoms with Crippen LogP contribution in [0.2, 0.25) is 0 Å². The van der Waals surface area contributed by atoms with Crippen LogP contribution in [0.3, 0.4) is 0 Å². The summed E-state index contributed by atoms with van der Waals surface area (Å²) in [5.41, 5.74) is 2.76. The standard InChI is InChI=1S/C27H39N3O5S/c1-21(31)18-29-25-17-27(35-20-25)10-13-30(14-11-27)36(32,33)26-5-3-4-24(16-26)23-8-6-22(7-9-23)19-28-12-15-34-2/h3-9,16,21,25,28-29,31H,10-15,17-20H2,1-2H3/t21?,25-/m1/s1. The van der Waals surface area contributed by atoms with E-state index in [0.29, 0.717) is 50.6 Å². The lowest BCUT2D eigenvalue weighted by Gasteiger charge is -2.38. The van der Waals surface area contributed by atoms with Gasteiger partial charge >= 0.3 is 0 Å². The molecule has 2 saturated heterocycles. The lowest BCUT2D eigenvalue weighted by atomic mass is 9.88. The van der Waals surface area contributed by atoms with Crippen molar-refractivity contribution in [2.24, 2.45) is 0 Å². The normalized spacial score (nSPS) is 21.1. The molecule has 8 nitrogen and oxygen atoms in total. The highest BCUT2D eigenvalue weighted by atomic mass is 32.2. The highest BCUT2D eigenvalue weighted by Crippen LogP contribution is 2.37. The first kappa shape index (κ1) is 27.2. The number of piperidine rings is 1. The SMILES string of the molecule is COCCNCc1ccc(-c2cccc(S(=O)(=O)N3CCC4(CC3)C[C@@H](NCC(C)O)CO4)c2)cc1. The van der Waals surface area contributed by atoms with Crippen molar-refractivity contribution in [3.63, 3.8) is 0 Å². The lowest BCUT2D eigenvalue weighted by molar-refractivity contribution is -0.0312. The molecule has 2 aromatic rings. The van der Waals surface area contributed by atoms with E-state index in [1.807, 2.05) is 24.3 Å². The molecule has 0 amide bonds. The minimum Gasteiger partial charge on any atom is -0.392 e. The van der Waals surface area contributed by atoms with Crippen LogP contribution in [0.1, 0.15) is 31.7 Å². The second-order valence-electron chi connectivity index (χ2n) is 9.95. The number of aliphatic hydroxyl groups is 1. The molecule has 2 atom stereocenters. The second-order valence-corrected chi connectivity index (χ2v) is 11.9. The number of rotatable bonds is 11. The molecule has 2 aromatic carbocycles. The molecule has 0 aromatic heterocycles. The molecule has 3 N–H and O–H groups in total. The molecule has 0 aliphatic carbocycles. The number of benzene rings is 2. The molecule has 1 spiro atoms. The number of nitrogens with one attached hydrogen (secondary N) is 2. The summed E-state index contributed by atoms with van der Waals surface area (Å²) in [4.78, 5) is 0.324. The lowest BCUT2D eigenvalue weighted by Crippen LogP contribution is -2.47. The van der Waals surface area contributed by atoms with E-state index in [2.05, 4.69) is 22.8 Å². The van der Waals surface area contributed by atoms with E-state index in [-0.39, 0.29) is 11.6 Å². The summed E-state index contributed by atoms with van der Waals surface area (Å²) in [5.74, 6) is 0. The van der Waals surface area contributed by atoms with Crippen LogP contribution < -0.4 is 10.6 Å². The smallest absolute Gasteiger partial charge is 0.243 e. The van der Waals surface area contributed by atoms with Gasteiger partial charge in [-0.05, 0) is 55.0 Å². The minimum atomic E-state index is -3.59. The molecule has 36 heavy (non-hydrogen) atoms. The first-order valence-corrected chi connectivity index (χ1v) is 14.2. The highest BCUT2D eigenvalue weighted by molar-refractivity contribution is 7.89. The van der Waals surface area contributed by atoms with Crippen LogP contribution in [-0.4, -0.2) is 82.1 Å². The Morgan fingerprint density at radius 2 is 1.92 bits per heavy atom. The van der Waals surface area contributed by atoms with E-state index in [1.165, 1.54) is 5.56 Å². The van der Waals surface area contributed by atoms with E-state index in [0.717, 1.165) is 30.6 Å². The molecule has 2 fully saturated rings. The van der Waals surface area contributed by atoms with Gasteiger partial charge in [-0.3, -0.25) is 0 Å². The van der Waals surface area contributed by atoms with Crippen molar-refractivity contribution in [2.45, 2.75) is 55.4 Å². The van der Waals surface area contributed by atoms with Crippen molar-refractivity contribution in [2.75, 3.05) is 46.5 Å². The predicted octanol–water partition coefficient (Wildman–Crippen LogP) is 2.37. The van der Waals surface area contributed by atoms with Gasteiger partial charge in [-0.2, -0.15) is 4.31 Å². The summed E-state index contributed by atoms with van der Waals surface area (Å²) in [5, 5.41) is 16.2. The Bertz CT molecular complexity index is 1080. The van der Waals surface area contributed by atoms with Gasteiger partial charge in [0.05, 0.1) is 29.8 Å². The van der Waals surface area contributed by atoms with Crippen molar-refractivity contribution < 1.29 is 23.0 Å². The molecule has 0 radical (unpaired) electrons. The fraction of sp³-hybridized carbons (Fsp3) is 0.556. The Labute approximate surface area is 215 Å². The van der Waals surface area contributed by atoms with E-state index in [4.69, 9.17) is 9.47 Å². The van der Waals surface area contributed by atoms with Crippen LogP contribution >= 0.6 is 0 Å². The van der Waals surface area contributed by atoms with E-state index in [1.54, 1.807) is 30.5 Å². The van der Waals surface area contributed by atoms with Gasteiger partial charge in [-0.25, -0.2) is 8.42 Å². The van der Waals surface area contributed by atoms with Crippen LogP contribution in [0.5, 0.6) is 0 Å². The molecule has 1 unspecified atom stereocenters. The Balaban J connectivity index is 1.37. The first-order valence-electron chi connectivity index (χ1n) is 12.8. The monoisotopic (exact) mass is 517 g/mol. The average Bonchev–Trinajstić information content (AvgIpc) is 3.28. The van der Waals surface area contributed by atoms with Gasteiger partial charge in [0, 0.05) is 45.9 Å². The summed E-state index contributed by atoms with van der Waals surface area (Å²) in [6.07, 6.45) is 1.81. The summed E-state index contributed by atoms with van der Waals surface area (Å²) >= 11 is 0. The van der Waals surface area contributed by atoms with Gasteiger partial charge in [0.15, 0.2) is 0 Å². The van der Waals surface area contributed by atoms with Crippen molar-refractivity contribution in [3.05, 3.63) is 54.1 Å². The second kappa shape index (κ2) is 12.1. The third kappa shape index (κ3) is 6.72. The molecule has 4 rings (SSSR count). The topological polar surface area (TPSA) is 100 Å². The molecule has 0 saturated carbocycles. The van der Waals surface area contributed by atoms with Crippen molar-refractivity contribution in [1.29, 1.82) is 0 Å². The fourth-order valence-corrected chi connectivity index (χ4v) is 6.49. The van der Waals surface area contributed by atoms with Gasteiger partial charge in [0.2, 0.25) is 10.0 Å². The zero-order chi connectivity index (χ0) is 25.6. The third-order valence-electron chi connectivity index (χ3n) is 7.12. The zero-order valence-corrected chi connectivity index (χ0v) is 22.1. The fourth-order valence-electron chi connectivity index (χ4n) is 5.00. The Kier molecular flexibility index (Phi) is 9.16. The summed E-state index contributed by atoms with van der Waals surface area (Å²) in [7, 11) is -1.91. The largest absolute Gasteiger partial charge is 0.392 e. The van der Waals surface area contributed by atoms with Crippen molar-refractivity contribution in [3.8, 4) is 11.1 Å². The Morgan fingerprint density at radius 3 is 2.61 bits per heavy atom. The van der Waals surface area contributed by atoms with Gasteiger partial charge in [0.25, 0.3) is 0 Å². The maximum atomic E-state index is 13.5. The molecular formula is C27H39N3O5S. The summed E-state index contributed by atoms with van der Waals surface area (Å²) in [6, 6.07) is 15.6. The average molecular weight is 518 g/mol. The van der Waals surface area contributed by atoms with E-state index >= 15 is 0 Å². The van der Waals surface area contributed by atoms with Crippen LogP contribution in [0.4, 0.5) is 0 Å². The van der Waals surface area contributed by atoms with Crippen molar-refractivity contribution in [1.82, 2.24) is 14.9 Å². The summed E-state index contributed by atoms with van der Waals surface area (Å²) < 4.78 is 39.7. The van der Waals surface area contributed by atoms with Gasteiger partial charge in [-0.15, -0.1) is 0 Å². The number of nitrogens with zero attached hydrogens (tertiary/aromatic N) is 1. The molecule has 9 heteroatoms. The number of hydrogen-bond acceptors (Lipinski definition) is 7. The van der Waals surface area contributed by atoms with Gasteiger partial charge in [0.1, 0.15) is 0 Å². The molecule has 0 bridgehead atoms. The number of hydrogen-bond donors (Lipinski definition) is 3. The Hall–Kier alpha value is -1.85. The molecular weight excluding hydrogens is 478 g/mol. The van der Waals surface area contributed by atoms with Gasteiger partial charge in [-0.1, -0.05) is 36.4 Å². The maximum Gasteiger partial charge on any atom is 0.243 e. The number of ether oxygens (including phenoxy) is 2. The molecule has 2 heterocycles. The quantitative estimate of drug-likeness (QED) is 0.394.